The summed E-state index contributed by atoms with van der Waals surface area (Å²) in [6.45, 7) is 3.55. The van der Waals surface area contributed by atoms with Gasteiger partial charge in [-0.25, -0.2) is 4.79 Å². The van der Waals surface area contributed by atoms with E-state index in [4.69, 9.17) is 9.15 Å². The fraction of sp³-hybridized carbons (Fsp3) is 0.154. The van der Waals surface area contributed by atoms with E-state index >= 15 is 0 Å². The lowest BCUT2D eigenvalue weighted by molar-refractivity contribution is -0.127. The Morgan fingerprint density at radius 3 is 2.57 bits per heavy atom. The van der Waals surface area contributed by atoms with Crippen molar-refractivity contribution < 1.29 is 28.3 Å². The van der Waals surface area contributed by atoms with Gasteiger partial charge in [-0.05, 0) is 67.6 Å². The Morgan fingerprint density at radius 1 is 1.09 bits per heavy atom. The minimum Gasteiger partial charge on any atom is -0.462 e. The summed E-state index contributed by atoms with van der Waals surface area (Å²) in [5.74, 6) is -0.517. The van der Waals surface area contributed by atoms with Gasteiger partial charge < -0.3 is 14.5 Å². The maximum atomic E-state index is 12.7. The zero-order valence-corrected chi connectivity index (χ0v) is 19.9. The van der Waals surface area contributed by atoms with Crippen molar-refractivity contribution >= 4 is 46.5 Å². The second kappa shape index (κ2) is 10.4. The van der Waals surface area contributed by atoms with Crippen molar-refractivity contribution in [2.45, 2.75) is 13.8 Å². The van der Waals surface area contributed by atoms with E-state index in [1.165, 1.54) is 6.08 Å². The van der Waals surface area contributed by atoms with Gasteiger partial charge in [0.05, 0.1) is 17.1 Å². The zero-order chi connectivity index (χ0) is 24.9. The molecule has 0 aliphatic carbocycles. The van der Waals surface area contributed by atoms with Crippen LogP contribution in [0.25, 0.3) is 17.4 Å². The average molecular weight is 491 g/mol. The summed E-state index contributed by atoms with van der Waals surface area (Å²) in [7, 11) is 0. The van der Waals surface area contributed by atoms with Gasteiger partial charge in [0.1, 0.15) is 18.1 Å². The highest BCUT2D eigenvalue weighted by Gasteiger charge is 2.36. The molecule has 35 heavy (non-hydrogen) atoms. The molecule has 1 aliphatic heterocycles. The highest BCUT2D eigenvalue weighted by atomic mass is 32.2. The zero-order valence-electron chi connectivity index (χ0n) is 19.1. The van der Waals surface area contributed by atoms with E-state index in [2.05, 4.69) is 5.32 Å². The molecule has 9 heteroatoms. The number of ether oxygens (including phenoxy) is 1. The lowest BCUT2D eigenvalue weighted by atomic mass is 10.1. The Hall–Kier alpha value is -4.11. The van der Waals surface area contributed by atoms with Crippen LogP contribution in [0.5, 0.6) is 0 Å². The molecule has 178 valence electrons. The topological polar surface area (TPSA) is 106 Å². The van der Waals surface area contributed by atoms with Crippen LogP contribution in [-0.4, -0.2) is 41.1 Å². The molecule has 3 amide bonds. The van der Waals surface area contributed by atoms with E-state index in [1.807, 2.05) is 13.0 Å². The molecule has 2 aromatic carbocycles. The number of aryl methyl sites for hydroxylation is 1. The molecule has 0 radical (unpaired) electrons. The minimum absolute atomic E-state index is 0.164. The molecule has 2 heterocycles. The highest BCUT2D eigenvalue weighted by Crippen LogP contribution is 2.33. The molecule has 8 nitrogen and oxygen atoms in total. The summed E-state index contributed by atoms with van der Waals surface area (Å²) in [5.41, 5.74) is 2.74. The summed E-state index contributed by atoms with van der Waals surface area (Å²) in [5, 5.41) is 2.17. The summed E-state index contributed by atoms with van der Waals surface area (Å²) < 4.78 is 10.8. The number of esters is 1. The second-order valence-corrected chi connectivity index (χ2v) is 8.68. The van der Waals surface area contributed by atoms with Gasteiger partial charge in [-0.2, -0.15) is 0 Å². The molecule has 3 aromatic rings. The van der Waals surface area contributed by atoms with Crippen LogP contribution in [0.2, 0.25) is 0 Å². The summed E-state index contributed by atoms with van der Waals surface area (Å²) >= 11 is 0.749. The molecule has 0 atom stereocenters. The van der Waals surface area contributed by atoms with Gasteiger partial charge in [0, 0.05) is 17.3 Å². The Morgan fingerprint density at radius 2 is 1.86 bits per heavy atom. The molecule has 4 rings (SSSR count). The number of imide groups is 1. The van der Waals surface area contributed by atoms with Gasteiger partial charge in [-0.15, -0.1) is 0 Å². The van der Waals surface area contributed by atoms with E-state index in [0.717, 1.165) is 27.8 Å². The van der Waals surface area contributed by atoms with Crippen LogP contribution in [-0.2, 0) is 14.3 Å². The van der Waals surface area contributed by atoms with Crippen LogP contribution in [0.1, 0.15) is 28.6 Å². The normalized spacial score (nSPS) is 14.5. The second-order valence-electron chi connectivity index (χ2n) is 7.69. The fourth-order valence-corrected chi connectivity index (χ4v) is 4.22. The van der Waals surface area contributed by atoms with Gasteiger partial charge in [0.25, 0.3) is 11.1 Å². The largest absolute Gasteiger partial charge is 0.462 e. The van der Waals surface area contributed by atoms with E-state index in [1.54, 1.807) is 61.5 Å². The molecular weight excluding hydrogens is 468 g/mol. The first-order chi connectivity index (χ1) is 16.8. The first kappa shape index (κ1) is 24.0. The third-order valence-electron chi connectivity index (χ3n) is 5.06. The molecule has 0 spiro atoms. The molecule has 0 saturated carbocycles. The predicted octanol–water partition coefficient (Wildman–Crippen LogP) is 5.11. The first-order valence-corrected chi connectivity index (χ1v) is 11.6. The number of hydrogen-bond acceptors (Lipinski definition) is 7. The van der Waals surface area contributed by atoms with Gasteiger partial charge in [0.15, 0.2) is 0 Å². The Kier molecular flexibility index (Phi) is 7.17. The lowest BCUT2D eigenvalue weighted by Crippen LogP contribution is -2.36. The van der Waals surface area contributed by atoms with E-state index in [-0.39, 0.29) is 11.4 Å². The van der Waals surface area contributed by atoms with Gasteiger partial charge in [-0.1, -0.05) is 24.3 Å². The maximum Gasteiger partial charge on any atom is 0.338 e. The van der Waals surface area contributed by atoms with Crippen molar-refractivity contribution in [3.05, 3.63) is 82.5 Å². The molecule has 1 aliphatic rings. The molecule has 1 saturated heterocycles. The number of carbonyl (C=O) groups is 4. The highest BCUT2D eigenvalue weighted by molar-refractivity contribution is 8.18. The Bertz CT molecular complexity index is 1330. The Labute approximate surface area is 205 Å². The first-order valence-electron chi connectivity index (χ1n) is 10.8. The van der Waals surface area contributed by atoms with E-state index in [0.29, 0.717) is 29.4 Å². The van der Waals surface area contributed by atoms with Crippen LogP contribution in [0.3, 0.4) is 0 Å². The minimum atomic E-state index is -0.559. The fourth-order valence-electron chi connectivity index (χ4n) is 3.40. The summed E-state index contributed by atoms with van der Waals surface area (Å²) in [6.07, 6.45) is 1.47. The number of benzene rings is 2. The quantitative estimate of drug-likeness (QED) is 0.362. The van der Waals surface area contributed by atoms with E-state index in [9.17, 15) is 19.2 Å². The van der Waals surface area contributed by atoms with Crippen molar-refractivity contribution in [2.24, 2.45) is 0 Å². The van der Waals surface area contributed by atoms with Crippen LogP contribution >= 0.6 is 11.8 Å². The van der Waals surface area contributed by atoms with Crippen molar-refractivity contribution in [3.8, 4) is 11.3 Å². The molecule has 1 fully saturated rings. The number of hydrogen-bond donors (Lipinski definition) is 1. The van der Waals surface area contributed by atoms with Crippen molar-refractivity contribution in [1.82, 2.24) is 4.90 Å². The van der Waals surface area contributed by atoms with Crippen molar-refractivity contribution in [3.63, 3.8) is 0 Å². The van der Waals surface area contributed by atoms with Gasteiger partial charge in [-0.3, -0.25) is 19.3 Å². The van der Waals surface area contributed by atoms with Crippen molar-refractivity contribution in [1.29, 1.82) is 0 Å². The third-order valence-corrected chi connectivity index (χ3v) is 5.97. The Balaban J connectivity index is 1.42. The SMILES string of the molecule is CCOC(=O)c1ccc(-c2ccc(/C=C3/SC(=O)N(CC(=O)Nc4cccc(C)c4)C3=O)o2)cc1. The van der Waals surface area contributed by atoms with Crippen molar-refractivity contribution in [2.75, 3.05) is 18.5 Å². The monoisotopic (exact) mass is 490 g/mol. The number of nitrogens with one attached hydrogen (secondary N) is 1. The molecule has 0 unspecified atom stereocenters. The number of thioether (sulfide) groups is 1. The summed E-state index contributed by atoms with van der Waals surface area (Å²) in [6, 6.07) is 17.4. The standard InChI is InChI=1S/C26H22N2O6S/c1-3-33-25(31)18-9-7-17(8-10-18)21-12-11-20(34-21)14-22-24(30)28(26(32)35-22)15-23(29)27-19-6-4-5-16(2)13-19/h4-14H,3,15H2,1-2H3,(H,27,29)/b22-14+. The smallest absolute Gasteiger partial charge is 0.338 e. The van der Waals surface area contributed by atoms with Gasteiger partial charge >= 0.3 is 5.97 Å². The maximum absolute atomic E-state index is 12.7. The molecular formula is C26H22N2O6S. The number of anilines is 1. The number of carbonyl (C=O) groups excluding carboxylic acids is 4. The molecule has 0 bridgehead atoms. The molecule has 1 N–H and O–H groups in total. The third kappa shape index (κ3) is 5.70. The van der Waals surface area contributed by atoms with Crippen LogP contribution < -0.4 is 5.32 Å². The van der Waals surface area contributed by atoms with Crippen LogP contribution in [0.15, 0.2) is 70.0 Å². The van der Waals surface area contributed by atoms with Crippen LogP contribution in [0.4, 0.5) is 10.5 Å². The van der Waals surface area contributed by atoms with E-state index < -0.39 is 23.0 Å². The number of amides is 3. The lowest BCUT2D eigenvalue weighted by Gasteiger charge is -2.12. The number of furan rings is 1. The number of nitrogens with zero attached hydrogens (tertiary/aromatic N) is 1. The summed E-state index contributed by atoms with van der Waals surface area (Å²) in [4.78, 5) is 50.3. The average Bonchev–Trinajstić information content (AvgIpc) is 3.40. The van der Waals surface area contributed by atoms with Crippen LogP contribution in [0, 0.1) is 6.92 Å². The molecule has 1 aromatic heterocycles. The number of rotatable bonds is 7. The van der Waals surface area contributed by atoms with Gasteiger partial charge in [0.2, 0.25) is 5.91 Å². The predicted molar refractivity (Wildman–Crippen MR) is 133 cm³/mol.